The van der Waals surface area contributed by atoms with Crippen molar-refractivity contribution in [2.24, 2.45) is 5.92 Å². The lowest BCUT2D eigenvalue weighted by atomic mass is 10.0. The summed E-state index contributed by atoms with van der Waals surface area (Å²) in [7, 11) is 0. The molecule has 1 aromatic carbocycles. The average Bonchev–Trinajstić information content (AvgIpc) is 3.21. The molecule has 8 nitrogen and oxygen atoms in total. The minimum atomic E-state index is -0.434. The third-order valence-corrected chi connectivity index (χ3v) is 6.37. The summed E-state index contributed by atoms with van der Waals surface area (Å²) in [6.07, 6.45) is 4.33. The molecule has 1 fully saturated rings. The fourth-order valence-corrected chi connectivity index (χ4v) is 4.65. The van der Waals surface area contributed by atoms with Gasteiger partial charge < -0.3 is 15.0 Å². The number of fused-ring (bicyclic) bond motifs is 1. The van der Waals surface area contributed by atoms with Gasteiger partial charge in [0.1, 0.15) is 11.3 Å². The molecule has 1 saturated heterocycles. The Labute approximate surface area is 184 Å². The van der Waals surface area contributed by atoms with Crippen molar-refractivity contribution in [3.05, 3.63) is 51.9 Å². The number of nitrogens with zero attached hydrogens (tertiary/aromatic N) is 4. The standard InChI is InChI=1S/C22H27N5O3S/c1-3-30-17-8-6-16(7-9-17)10-11-23-19(28)18-13-24-21-27(20(18)29)25-22(31-21)26-12-4-5-15(2)14-26/h6-9,13,15H,3-5,10-12,14H2,1-2H3,(H,23,28)/t15-/m0/s1. The van der Waals surface area contributed by atoms with Crippen LogP contribution < -0.4 is 20.5 Å². The Morgan fingerprint density at radius 2 is 2.13 bits per heavy atom. The van der Waals surface area contributed by atoms with Gasteiger partial charge in [-0.15, -0.1) is 5.10 Å². The largest absolute Gasteiger partial charge is 0.494 e. The van der Waals surface area contributed by atoms with Gasteiger partial charge in [-0.1, -0.05) is 30.4 Å². The predicted molar refractivity (Wildman–Crippen MR) is 121 cm³/mol. The van der Waals surface area contributed by atoms with Crippen LogP contribution in [0.15, 0.2) is 35.3 Å². The summed E-state index contributed by atoms with van der Waals surface area (Å²) in [6, 6.07) is 7.76. The first-order valence-electron chi connectivity index (χ1n) is 10.7. The zero-order valence-electron chi connectivity index (χ0n) is 17.8. The van der Waals surface area contributed by atoms with Crippen LogP contribution in [0.5, 0.6) is 5.75 Å². The Morgan fingerprint density at radius 1 is 1.32 bits per heavy atom. The normalized spacial score (nSPS) is 16.5. The number of hydrogen-bond donors (Lipinski definition) is 1. The number of carbonyl (C=O) groups is 1. The highest BCUT2D eigenvalue weighted by molar-refractivity contribution is 7.20. The summed E-state index contributed by atoms with van der Waals surface area (Å²) >= 11 is 1.38. The Bertz CT molecular complexity index is 1110. The molecule has 3 heterocycles. The Hall–Kier alpha value is -2.94. The first kappa shape index (κ1) is 21.3. The molecule has 0 spiro atoms. The van der Waals surface area contributed by atoms with Crippen LogP contribution in [-0.4, -0.2) is 46.7 Å². The van der Waals surface area contributed by atoms with Gasteiger partial charge in [0, 0.05) is 25.8 Å². The van der Waals surface area contributed by atoms with Gasteiger partial charge in [-0.05, 0) is 49.8 Å². The van der Waals surface area contributed by atoms with E-state index in [4.69, 9.17) is 4.74 Å². The molecule has 0 unspecified atom stereocenters. The predicted octanol–water partition coefficient (Wildman–Crippen LogP) is 2.76. The number of hydrogen-bond acceptors (Lipinski definition) is 7. The summed E-state index contributed by atoms with van der Waals surface area (Å²) < 4.78 is 6.68. The van der Waals surface area contributed by atoms with Gasteiger partial charge in [0.05, 0.1) is 6.61 Å². The molecule has 0 radical (unpaired) electrons. The summed E-state index contributed by atoms with van der Waals surface area (Å²) in [5.41, 5.74) is 0.651. The fourth-order valence-electron chi connectivity index (χ4n) is 3.76. The van der Waals surface area contributed by atoms with Crippen LogP contribution in [0, 0.1) is 5.92 Å². The maximum Gasteiger partial charge on any atom is 0.288 e. The van der Waals surface area contributed by atoms with E-state index in [9.17, 15) is 9.59 Å². The van der Waals surface area contributed by atoms with E-state index >= 15 is 0 Å². The number of carbonyl (C=O) groups excluding carboxylic acids is 1. The van der Waals surface area contributed by atoms with Crippen molar-refractivity contribution in [1.29, 1.82) is 0 Å². The molecule has 9 heteroatoms. The van der Waals surface area contributed by atoms with Crippen LogP contribution in [0.2, 0.25) is 0 Å². The van der Waals surface area contributed by atoms with Crippen LogP contribution in [0.4, 0.5) is 5.13 Å². The lowest BCUT2D eigenvalue weighted by molar-refractivity contribution is 0.0952. The molecule has 1 aliphatic rings. The SMILES string of the molecule is CCOc1ccc(CCNC(=O)c2cnc3sc(N4CCC[C@H](C)C4)nn3c2=O)cc1. The van der Waals surface area contributed by atoms with Crippen molar-refractivity contribution in [2.45, 2.75) is 33.1 Å². The van der Waals surface area contributed by atoms with E-state index in [1.165, 1.54) is 28.5 Å². The summed E-state index contributed by atoms with van der Waals surface area (Å²) in [6.45, 7) is 7.06. The number of benzene rings is 1. The van der Waals surface area contributed by atoms with E-state index in [-0.39, 0.29) is 5.56 Å². The van der Waals surface area contributed by atoms with E-state index in [1.807, 2.05) is 31.2 Å². The van der Waals surface area contributed by atoms with Crippen molar-refractivity contribution < 1.29 is 9.53 Å². The zero-order chi connectivity index (χ0) is 21.8. The highest BCUT2D eigenvalue weighted by Gasteiger charge is 2.22. The molecule has 1 amide bonds. The number of rotatable bonds is 7. The maximum absolute atomic E-state index is 12.8. The van der Waals surface area contributed by atoms with Gasteiger partial charge in [-0.3, -0.25) is 9.59 Å². The molecular formula is C22H27N5O3S. The second-order valence-corrected chi connectivity index (χ2v) is 8.77. The monoisotopic (exact) mass is 441 g/mol. The van der Waals surface area contributed by atoms with Crippen LogP contribution >= 0.6 is 11.3 Å². The number of aromatic nitrogens is 3. The molecule has 1 N–H and O–H groups in total. The van der Waals surface area contributed by atoms with Gasteiger partial charge in [0.25, 0.3) is 11.5 Å². The number of anilines is 1. The fraction of sp³-hybridized carbons (Fsp3) is 0.455. The van der Waals surface area contributed by atoms with E-state index in [0.29, 0.717) is 30.5 Å². The molecule has 0 bridgehead atoms. The van der Waals surface area contributed by atoms with Gasteiger partial charge in [0.15, 0.2) is 0 Å². The molecule has 0 saturated carbocycles. The lowest BCUT2D eigenvalue weighted by Gasteiger charge is -2.30. The molecule has 3 aromatic rings. The quantitative estimate of drug-likeness (QED) is 0.607. The Kier molecular flexibility index (Phi) is 6.50. The number of nitrogens with one attached hydrogen (secondary N) is 1. The lowest BCUT2D eigenvalue weighted by Crippen LogP contribution is -2.35. The molecule has 1 atom stereocenters. The van der Waals surface area contributed by atoms with Gasteiger partial charge >= 0.3 is 0 Å². The minimum absolute atomic E-state index is 0.00746. The summed E-state index contributed by atoms with van der Waals surface area (Å²) in [4.78, 5) is 32.4. The van der Waals surface area contributed by atoms with Gasteiger partial charge in [-0.2, -0.15) is 4.52 Å². The van der Waals surface area contributed by atoms with Crippen molar-refractivity contribution in [3.8, 4) is 5.75 Å². The maximum atomic E-state index is 12.8. The van der Waals surface area contributed by atoms with E-state index in [2.05, 4.69) is 27.2 Å². The highest BCUT2D eigenvalue weighted by atomic mass is 32.1. The van der Waals surface area contributed by atoms with E-state index in [1.54, 1.807) is 0 Å². The average molecular weight is 442 g/mol. The summed E-state index contributed by atoms with van der Waals surface area (Å²) in [5, 5.41) is 8.05. The van der Waals surface area contributed by atoms with Crippen LogP contribution in [0.1, 0.15) is 42.6 Å². The number of amides is 1. The molecule has 31 heavy (non-hydrogen) atoms. The first-order chi connectivity index (χ1) is 15.0. The third-order valence-electron chi connectivity index (χ3n) is 5.38. The van der Waals surface area contributed by atoms with Crippen LogP contribution in [0.3, 0.4) is 0 Å². The first-order valence-corrected chi connectivity index (χ1v) is 11.5. The van der Waals surface area contributed by atoms with Crippen molar-refractivity contribution in [3.63, 3.8) is 0 Å². The number of piperidine rings is 1. The Morgan fingerprint density at radius 3 is 2.87 bits per heavy atom. The molecule has 4 rings (SSSR count). The van der Waals surface area contributed by atoms with E-state index < -0.39 is 11.5 Å². The number of ether oxygens (including phenoxy) is 1. The molecular weight excluding hydrogens is 414 g/mol. The third kappa shape index (κ3) is 4.87. The van der Waals surface area contributed by atoms with E-state index in [0.717, 1.165) is 36.0 Å². The second-order valence-electron chi connectivity index (χ2n) is 7.83. The summed E-state index contributed by atoms with van der Waals surface area (Å²) in [5.74, 6) is 0.991. The van der Waals surface area contributed by atoms with Crippen molar-refractivity contribution in [1.82, 2.24) is 19.9 Å². The Balaban J connectivity index is 1.41. The van der Waals surface area contributed by atoms with Gasteiger partial charge in [-0.25, -0.2) is 4.98 Å². The highest BCUT2D eigenvalue weighted by Crippen LogP contribution is 2.26. The minimum Gasteiger partial charge on any atom is -0.494 e. The van der Waals surface area contributed by atoms with Crippen molar-refractivity contribution in [2.75, 3.05) is 31.1 Å². The smallest absolute Gasteiger partial charge is 0.288 e. The zero-order valence-corrected chi connectivity index (χ0v) is 18.7. The van der Waals surface area contributed by atoms with Gasteiger partial charge in [0.2, 0.25) is 10.1 Å². The molecule has 2 aromatic heterocycles. The topological polar surface area (TPSA) is 88.8 Å². The molecule has 1 aliphatic heterocycles. The molecule has 164 valence electrons. The molecule has 0 aliphatic carbocycles. The van der Waals surface area contributed by atoms with Crippen LogP contribution in [-0.2, 0) is 6.42 Å². The second kappa shape index (κ2) is 9.47. The van der Waals surface area contributed by atoms with Crippen LogP contribution in [0.25, 0.3) is 4.96 Å². The van der Waals surface area contributed by atoms with Crippen molar-refractivity contribution >= 4 is 27.3 Å².